The second-order valence-corrected chi connectivity index (χ2v) is 8.10. The highest BCUT2D eigenvalue weighted by molar-refractivity contribution is 6.35. The van der Waals surface area contributed by atoms with E-state index < -0.39 is 17.8 Å². The van der Waals surface area contributed by atoms with Crippen LogP contribution in [0.2, 0.25) is 5.02 Å². The van der Waals surface area contributed by atoms with Gasteiger partial charge in [0.1, 0.15) is 11.3 Å². The zero-order valence-corrected chi connectivity index (χ0v) is 17.8. The molecule has 1 saturated heterocycles. The standard InChI is InChI=1S/C23H23ClF3N3O/c1-2-29-10-12-30(13-11-29)21(15-5-7-16(8-6-15)23(25,26)27)18-14-19(24)17-4-3-9-28-20(17)22(18)31/h3-9,14,21,31H,2,10-13H2,1H3. The van der Waals surface area contributed by atoms with Crippen molar-refractivity contribution in [3.8, 4) is 5.75 Å². The predicted molar refractivity (Wildman–Crippen MR) is 115 cm³/mol. The van der Waals surface area contributed by atoms with Crippen molar-refractivity contribution in [2.45, 2.75) is 19.1 Å². The fourth-order valence-electron chi connectivity index (χ4n) is 4.19. The van der Waals surface area contributed by atoms with Gasteiger partial charge in [0.25, 0.3) is 0 Å². The molecule has 3 aromatic rings. The summed E-state index contributed by atoms with van der Waals surface area (Å²) in [5.41, 5.74) is 0.892. The van der Waals surface area contributed by atoms with Gasteiger partial charge in [0.15, 0.2) is 0 Å². The molecule has 1 fully saturated rings. The average molecular weight is 450 g/mol. The molecule has 0 bridgehead atoms. The van der Waals surface area contributed by atoms with Crippen molar-refractivity contribution < 1.29 is 18.3 Å². The number of phenols is 1. The Kier molecular flexibility index (Phi) is 6.10. The summed E-state index contributed by atoms with van der Waals surface area (Å²) in [7, 11) is 0. The van der Waals surface area contributed by atoms with Gasteiger partial charge in [-0.25, -0.2) is 0 Å². The van der Waals surface area contributed by atoms with Gasteiger partial charge in [-0.2, -0.15) is 13.2 Å². The van der Waals surface area contributed by atoms with Crippen molar-refractivity contribution in [1.29, 1.82) is 0 Å². The lowest BCUT2D eigenvalue weighted by Gasteiger charge is -2.39. The van der Waals surface area contributed by atoms with Crippen LogP contribution in [0.15, 0.2) is 48.7 Å². The first-order valence-electron chi connectivity index (χ1n) is 10.2. The fourth-order valence-corrected chi connectivity index (χ4v) is 4.46. The lowest BCUT2D eigenvalue weighted by atomic mass is 9.93. The molecule has 0 aliphatic carbocycles. The minimum absolute atomic E-state index is 0.00261. The Labute approximate surface area is 183 Å². The molecule has 1 aromatic heterocycles. The molecule has 8 heteroatoms. The van der Waals surface area contributed by atoms with Crippen LogP contribution in [-0.2, 0) is 6.18 Å². The molecule has 1 unspecified atom stereocenters. The Balaban J connectivity index is 1.82. The van der Waals surface area contributed by atoms with Crippen LogP contribution in [0.5, 0.6) is 5.75 Å². The zero-order valence-electron chi connectivity index (χ0n) is 17.0. The highest BCUT2D eigenvalue weighted by atomic mass is 35.5. The number of pyridine rings is 1. The van der Waals surface area contributed by atoms with E-state index in [1.807, 2.05) is 0 Å². The van der Waals surface area contributed by atoms with Crippen molar-refractivity contribution in [3.05, 3.63) is 70.4 Å². The van der Waals surface area contributed by atoms with Gasteiger partial charge in [0.2, 0.25) is 0 Å². The second-order valence-electron chi connectivity index (χ2n) is 7.69. The van der Waals surface area contributed by atoms with E-state index in [0.29, 0.717) is 27.1 Å². The molecule has 1 aliphatic heterocycles. The summed E-state index contributed by atoms with van der Waals surface area (Å²) in [6, 6.07) is 9.92. The van der Waals surface area contributed by atoms with E-state index in [4.69, 9.17) is 11.6 Å². The molecule has 31 heavy (non-hydrogen) atoms. The number of phenolic OH excluding ortho intramolecular Hbond substituents is 1. The van der Waals surface area contributed by atoms with Gasteiger partial charge in [0.05, 0.1) is 16.6 Å². The van der Waals surface area contributed by atoms with Gasteiger partial charge >= 0.3 is 6.18 Å². The molecule has 0 radical (unpaired) electrons. The number of rotatable bonds is 4. The summed E-state index contributed by atoms with van der Waals surface area (Å²) in [5.74, 6) is 0.00261. The van der Waals surface area contributed by atoms with Gasteiger partial charge in [-0.05, 0) is 42.4 Å². The number of aromatic nitrogens is 1. The molecule has 1 N–H and O–H groups in total. The number of likely N-dealkylation sites (N-methyl/N-ethyl adjacent to an activating group) is 1. The molecule has 0 spiro atoms. The number of hydrogen-bond acceptors (Lipinski definition) is 4. The molecular weight excluding hydrogens is 427 g/mol. The van der Waals surface area contributed by atoms with Crippen molar-refractivity contribution >= 4 is 22.5 Å². The van der Waals surface area contributed by atoms with Gasteiger partial charge < -0.3 is 10.0 Å². The summed E-state index contributed by atoms with van der Waals surface area (Å²) in [6.07, 6.45) is -2.82. The average Bonchev–Trinajstić information content (AvgIpc) is 2.77. The van der Waals surface area contributed by atoms with Crippen LogP contribution >= 0.6 is 11.6 Å². The fraction of sp³-hybridized carbons (Fsp3) is 0.348. The smallest absolute Gasteiger partial charge is 0.416 e. The Morgan fingerprint density at radius 2 is 1.77 bits per heavy atom. The maximum Gasteiger partial charge on any atom is 0.416 e. The molecule has 4 nitrogen and oxygen atoms in total. The van der Waals surface area contributed by atoms with E-state index in [2.05, 4.69) is 21.7 Å². The van der Waals surface area contributed by atoms with Gasteiger partial charge in [-0.3, -0.25) is 9.88 Å². The summed E-state index contributed by atoms with van der Waals surface area (Å²) in [5, 5.41) is 12.2. The van der Waals surface area contributed by atoms with Crippen LogP contribution in [0.1, 0.15) is 29.7 Å². The van der Waals surface area contributed by atoms with Gasteiger partial charge in [0, 0.05) is 43.3 Å². The minimum Gasteiger partial charge on any atom is -0.505 e. The monoisotopic (exact) mass is 449 g/mol. The summed E-state index contributed by atoms with van der Waals surface area (Å²) >= 11 is 6.51. The SMILES string of the molecule is CCN1CCN(C(c2ccc(C(F)(F)F)cc2)c2cc(Cl)c3cccnc3c2O)CC1. The minimum atomic E-state index is -4.40. The van der Waals surface area contributed by atoms with Crippen molar-refractivity contribution in [1.82, 2.24) is 14.8 Å². The third-order valence-corrected chi connectivity index (χ3v) is 6.23. The molecule has 0 saturated carbocycles. The van der Waals surface area contributed by atoms with E-state index in [9.17, 15) is 18.3 Å². The lowest BCUT2D eigenvalue weighted by molar-refractivity contribution is -0.137. The first kappa shape index (κ1) is 21.9. The second kappa shape index (κ2) is 8.65. The summed E-state index contributed by atoms with van der Waals surface area (Å²) in [4.78, 5) is 8.78. The molecule has 2 aromatic carbocycles. The van der Waals surface area contributed by atoms with Crippen molar-refractivity contribution in [2.75, 3.05) is 32.7 Å². The Morgan fingerprint density at radius 1 is 1.10 bits per heavy atom. The molecule has 2 heterocycles. The largest absolute Gasteiger partial charge is 0.505 e. The van der Waals surface area contributed by atoms with E-state index in [-0.39, 0.29) is 5.75 Å². The summed E-state index contributed by atoms with van der Waals surface area (Å²) in [6.45, 7) is 6.16. The molecular formula is C23H23ClF3N3O. The van der Waals surface area contributed by atoms with Crippen molar-refractivity contribution in [3.63, 3.8) is 0 Å². The van der Waals surface area contributed by atoms with Crippen LogP contribution in [0, 0.1) is 0 Å². The van der Waals surface area contributed by atoms with Crippen LogP contribution in [0.4, 0.5) is 13.2 Å². The zero-order chi connectivity index (χ0) is 22.2. The first-order valence-corrected chi connectivity index (χ1v) is 10.6. The maximum absolute atomic E-state index is 13.1. The molecule has 1 atom stereocenters. The number of fused-ring (bicyclic) bond motifs is 1. The van der Waals surface area contributed by atoms with Crippen LogP contribution in [0.3, 0.4) is 0 Å². The summed E-state index contributed by atoms with van der Waals surface area (Å²) < 4.78 is 39.3. The number of nitrogens with zero attached hydrogens (tertiary/aromatic N) is 3. The number of benzene rings is 2. The Bertz CT molecular complexity index is 1060. The molecule has 164 valence electrons. The van der Waals surface area contributed by atoms with Gasteiger partial charge in [-0.1, -0.05) is 30.7 Å². The number of piperazine rings is 1. The third kappa shape index (κ3) is 4.35. The lowest BCUT2D eigenvalue weighted by Crippen LogP contribution is -2.47. The number of alkyl halides is 3. The Morgan fingerprint density at radius 3 is 2.39 bits per heavy atom. The highest BCUT2D eigenvalue weighted by Crippen LogP contribution is 2.41. The highest BCUT2D eigenvalue weighted by Gasteiger charge is 2.32. The maximum atomic E-state index is 13.1. The van der Waals surface area contributed by atoms with Crippen LogP contribution in [-0.4, -0.2) is 52.6 Å². The topological polar surface area (TPSA) is 39.6 Å². The van der Waals surface area contributed by atoms with E-state index >= 15 is 0 Å². The van der Waals surface area contributed by atoms with E-state index in [1.165, 1.54) is 12.1 Å². The van der Waals surface area contributed by atoms with E-state index in [1.54, 1.807) is 24.4 Å². The Hall–Kier alpha value is -2.35. The van der Waals surface area contributed by atoms with Crippen LogP contribution < -0.4 is 0 Å². The number of hydrogen-bond donors (Lipinski definition) is 1. The predicted octanol–water partition coefficient (Wildman–Crippen LogP) is 5.34. The third-order valence-electron chi connectivity index (χ3n) is 5.91. The molecule has 0 amide bonds. The normalized spacial score (nSPS) is 17.2. The first-order chi connectivity index (χ1) is 14.8. The molecule has 1 aliphatic rings. The van der Waals surface area contributed by atoms with Crippen LogP contribution in [0.25, 0.3) is 10.9 Å². The number of halogens is 4. The van der Waals surface area contributed by atoms with Crippen molar-refractivity contribution in [2.24, 2.45) is 0 Å². The number of aromatic hydroxyl groups is 1. The molecule has 4 rings (SSSR count). The van der Waals surface area contributed by atoms with Gasteiger partial charge in [-0.15, -0.1) is 0 Å². The van der Waals surface area contributed by atoms with E-state index in [0.717, 1.165) is 44.9 Å². The quantitative estimate of drug-likeness (QED) is 0.583.